The Morgan fingerprint density at radius 1 is 1.07 bits per heavy atom. The lowest BCUT2D eigenvalue weighted by Crippen LogP contribution is -2.42. The molecule has 0 heterocycles. The summed E-state index contributed by atoms with van der Waals surface area (Å²) in [5.41, 5.74) is 2.47. The van der Waals surface area contributed by atoms with Crippen molar-refractivity contribution in [2.24, 2.45) is 4.99 Å². The topological polar surface area (TPSA) is 54.9 Å². The van der Waals surface area contributed by atoms with Gasteiger partial charge in [0, 0.05) is 19.6 Å². The van der Waals surface area contributed by atoms with Gasteiger partial charge in [0.25, 0.3) is 0 Å². The lowest BCUT2D eigenvalue weighted by atomic mass is 10.1. The van der Waals surface area contributed by atoms with Gasteiger partial charge in [-0.05, 0) is 49.9 Å². The molecule has 2 rings (SSSR count). The van der Waals surface area contributed by atoms with E-state index < -0.39 is 0 Å². The number of nitrogens with zero attached hydrogens (tertiary/aromatic N) is 1. The molecule has 0 aliphatic rings. The van der Waals surface area contributed by atoms with E-state index in [9.17, 15) is 0 Å². The van der Waals surface area contributed by atoms with E-state index in [1.165, 1.54) is 5.56 Å². The number of hydrogen-bond acceptors (Lipinski definition) is 3. The Morgan fingerprint density at radius 2 is 1.85 bits per heavy atom. The zero-order valence-corrected chi connectivity index (χ0v) is 16.8. The molecule has 0 fully saturated rings. The van der Waals surface area contributed by atoms with E-state index in [4.69, 9.17) is 9.47 Å². The summed E-state index contributed by atoms with van der Waals surface area (Å²) in [5.74, 6) is 2.31. The summed E-state index contributed by atoms with van der Waals surface area (Å²) in [6, 6.07) is 16.8. The van der Waals surface area contributed by atoms with Gasteiger partial charge in [0.05, 0.1) is 13.7 Å². The van der Waals surface area contributed by atoms with Gasteiger partial charge in [-0.25, -0.2) is 0 Å². The van der Waals surface area contributed by atoms with E-state index in [2.05, 4.69) is 46.8 Å². The maximum atomic E-state index is 5.64. The standard InChI is InChI=1S/C22H31N3O2/c1-5-27-21-15-19(13-14-20(21)26-4)16-24-22(23-3)25-17(2)11-12-18-9-7-6-8-10-18/h6-10,13-15,17H,5,11-12,16H2,1-4H3,(H2,23,24,25). The molecular weight excluding hydrogens is 338 g/mol. The lowest BCUT2D eigenvalue weighted by Gasteiger charge is -2.18. The van der Waals surface area contributed by atoms with Gasteiger partial charge >= 0.3 is 0 Å². The van der Waals surface area contributed by atoms with Crippen molar-refractivity contribution in [3.05, 3.63) is 59.7 Å². The summed E-state index contributed by atoms with van der Waals surface area (Å²) < 4.78 is 11.0. The van der Waals surface area contributed by atoms with Gasteiger partial charge in [-0.3, -0.25) is 4.99 Å². The van der Waals surface area contributed by atoms with Crippen molar-refractivity contribution >= 4 is 5.96 Å². The van der Waals surface area contributed by atoms with E-state index >= 15 is 0 Å². The Bertz CT molecular complexity index is 717. The Labute approximate surface area is 162 Å². The third-order valence-corrected chi connectivity index (χ3v) is 4.30. The van der Waals surface area contributed by atoms with Gasteiger partial charge in [-0.1, -0.05) is 36.4 Å². The highest BCUT2D eigenvalue weighted by Gasteiger charge is 2.08. The molecule has 5 nitrogen and oxygen atoms in total. The normalized spacial score (nSPS) is 12.4. The molecule has 0 radical (unpaired) electrons. The van der Waals surface area contributed by atoms with E-state index in [1.807, 2.05) is 31.2 Å². The van der Waals surface area contributed by atoms with Gasteiger partial charge in [0.2, 0.25) is 0 Å². The summed E-state index contributed by atoms with van der Waals surface area (Å²) in [5, 5.41) is 6.82. The Balaban J connectivity index is 1.85. The molecule has 1 unspecified atom stereocenters. The molecule has 0 aliphatic carbocycles. The predicted octanol–water partition coefficient (Wildman–Crippen LogP) is 3.78. The predicted molar refractivity (Wildman–Crippen MR) is 112 cm³/mol. The maximum Gasteiger partial charge on any atom is 0.191 e. The average molecular weight is 370 g/mol. The van der Waals surface area contributed by atoms with Crippen molar-refractivity contribution in [3.63, 3.8) is 0 Å². The van der Waals surface area contributed by atoms with Gasteiger partial charge in [0.15, 0.2) is 17.5 Å². The highest BCUT2D eigenvalue weighted by Crippen LogP contribution is 2.27. The van der Waals surface area contributed by atoms with E-state index in [-0.39, 0.29) is 0 Å². The van der Waals surface area contributed by atoms with E-state index in [0.29, 0.717) is 19.2 Å². The summed E-state index contributed by atoms with van der Waals surface area (Å²) in [7, 11) is 3.44. The molecule has 0 amide bonds. The Morgan fingerprint density at radius 3 is 2.52 bits per heavy atom. The number of guanidine groups is 1. The van der Waals surface area contributed by atoms with Crippen molar-refractivity contribution in [1.82, 2.24) is 10.6 Å². The Kier molecular flexibility index (Phi) is 8.49. The van der Waals surface area contributed by atoms with Crippen LogP contribution >= 0.6 is 0 Å². The number of rotatable bonds is 9. The maximum absolute atomic E-state index is 5.64. The number of aryl methyl sites for hydroxylation is 1. The zero-order chi connectivity index (χ0) is 19.5. The second-order valence-electron chi connectivity index (χ2n) is 6.41. The van der Waals surface area contributed by atoms with Crippen LogP contribution in [-0.2, 0) is 13.0 Å². The third kappa shape index (κ3) is 6.85. The van der Waals surface area contributed by atoms with Crippen molar-refractivity contribution in [2.75, 3.05) is 20.8 Å². The summed E-state index contributed by atoms with van der Waals surface area (Å²) in [6.45, 7) is 5.41. The van der Waals surface area contributed by atoms with Gasteiger partial charge in [0.1, 0.15) is 0 Å². The van der Waals surface area contributed by atoms with Crippen LogP contribution in [0.2, 0.25) is 0 Å². The molecule has 0 saturated carbocycles. The minimum Gasteiger partial charge on any atom is -0.493 e. The van der Waals surface area contributed by atoms with Crippen LogP contribution in [0, 0.1) is 0 Å². The SMILES string of the molecule is CCOc1cc(CNC(=NC)NC(C)CCc2ccccc2)ccc1OC. The van der Waals surface area contributed by atoms with Crippen LogP contribution in [0.25, 0.3) is 0 Å². The molecule has 2 aromatic carbocycles. The number of methoxy groups -OCH3 is 1. The fourth-order valence-electron chi connectivity index (χ4n) is 2.81. The molecule has 27 heavy (non-hydrogen) atoms. The average Bonchev–Trinajstić information content (AvgIpc) is 2.70. The molecule has 1 atom stereocenters. The molecule has 2 N–H and O–H groups in total. The van der Waals surface area contributed by atoms with Crippen molar-refractivity contribution in [1.29, 1.82) is 0 Å². The third-order valence-electron chi connectivity index (χ3n) is 4.30. The second kappa shape index (κ2) is 11.1. The smallest absolute Gasteiger partial charge is 0.191 e. The molecule has 0 saturated heterocycles. The van der Waals surface area contributed by atoms with Crippen LogP contribution in [0.1, 0.15) is 31.4 Å². The summed E-state index contributed by atoms with van der Waals surface area (Å²) in [6.07, 6.45) is 2.09. The molecule has 0 spiro atoms. The molecule has 0 bridgehead atoms. The zero-order valence-electron chi connectivity index (χ0n) is 16.8. The van der Waals surface area contributed by atoms with E-state index in [0.717, 1.165) is 35.9 Å². The quantitative estimate of drug-likeness (QED) is 0.522. The number of ether oxygens (including phenoxy) is 2. The van der Waals surface area contributed by atoms with Crippen LogP contribution in [0.15, 0.2) is 53.5 Å². The highest BCUT2D eigenvalue weighted by atomic mass is 16.5. The minimum atomic E-state index is 0.325. The summed E-state index contributed by atoms with van der Waals surface area (Å²) in [4.78, 5) is 4.33. The molecule has 2 aromatic rings. The molecule has 146 valence electrons. The van der Waals surface area contributed by atoms with Crippen LogP contribution < -0.4 is 20.1 Å². The first-order chi connectivity index (χ1) is 13.2. The van der Waals surface area contributed by atoms with Crippen molar-refractivity contribution in [3.8, 4) is 11.5 Å². The van der Waals surface area contributed by atoms with Crippen LogP contribution in [0.4, 0.5) is 0 Å². The van der Waals surface area contributed by atoms with Crippen LogP contribution in [-0.4, -0.2) is 32.8 Å². The number of nitrogens with one attached hydrogen (secondary N) is 2. The largest absolute Gasteiger partial charge is 0.493 e. The first kappa shape index (κ1) is 20.6. The van der Waals surface area contributed by atoms with Crippen LogP contribution in [0.3, 0.4) is 0 Å². The van der Waals surface area contributed by atoms with Crippen molar-refractivity contribution in [2.45, 2.75) is 39.3 Å². The second-order valence-corrected chi connectivity index (χ2v) is 6.41. The molecule has 5 heteroatoms. The van der Waals surface area contributed by atoms with Gasteiger partial charge < -0.3 is 20.1 Å². The van der Waals surface area contributed by atoms with E-state index in [1.54, 1.807) is 14.2 Å². The summed E-state index contributed by atoms with van der Waals surface area (Å²) >= 11 is 0. The lowest BCUT2D eigenvalue weighted by molar-refractivity contribution is 0.310. The fourth-order valence-corrected chi connectivity index (χ4v) is 2.81. The van der Waals surface area contributed by atoms with Gasteiger partial charge in [-0.15, -0.1) is 0 Å². The van der Waals surface area contributed by atoms with Gasteiger partial charge in [-0.2, -0.15) is 0 Å². The monoisotopic (exact) mass is 369 g/mol. The number of aliphatic imine (C=N–C) groups is 1. The number of hydrogen-bond donors (Lipinski definition) is 2. The number of benzene rings is 2. The first-order valence-electron chi connectivity index (χ1n) is 9.47. The fraction of sp³-hybridized carbons (Fsp3) is 0.409. The Hall–Kier alpha value is -2.69. The highest BCUT2D eigenvalue weighted by molar-refractivity contribution is 5.79. The van der Waals surface area contributed by atoms with Crippen molar-refractivity contribution < 1.29 is 9.47 Å². The molecule has 0 aromatic heterocycles. The molecular formula is C22H31N3O2. The van der Waals surface area contributed by atoms with Crippen LogP contribution in [0.5, 0.6) is 11.5 Å². The first-order valence-corrected chi connectivity index (χ1v) is 9.47. The molecule has 0 aliphatic heterocycles. The minimum absolute atomic E-state index is 0.325.